The van der Waals surface area contributed by atoms with E-state index in [2.05, 4.69) is 10.3 Å². The minimum Gasteiger partial charge on any atom is -0.369 e. The molecule has 19 heavy (non-hydrogen) atoms. The summed E-state index contributed by atoms with van der Waals surface area (Å²) in [7, 11) is 0. The van der Waals surface area contributed by atoms with E-state index < -0.39 is 6.10 Å². The van der Waals surface area contributed by atoms with Crippen molar-refractivity contribution in [3.05, 3.63) is 0 Å². The monoisotopic (exact) mass is 270 g/mol. The lowest BCUT2D eigenvalue weighted by molar-refractivity contribution is -0.132. The molecule has 3 unspecified atom stereocenters. The van der Waals surface area contributed by atoms with Gasteiger partial charge in [-0.1, -0.05) is 0 Å². The van der Waals surface area contributed by atoms with Gasteiger partial charge in [-0.25, -0.2) is 5.84 Å². The van der Waals surface area contributed by atoms with Crippen molar-refractivity contribution in [1.82, 2.24) is 10.3 Å². The van der Waals surface area contributed by atoms with Gasteiger partial charge >= 0.3 is 0 Å². The van der Waals surface area contributed by atoms with Gasteiger partial charge < -0.3 is 10.5 Å². The fourth-order valence-corrected chi connectivity index (χ4v) is 2.87. The maximum absolute atomic E-state index is 11.4. The Balaban J connectivity index is 1.79. The number of hydrazine groups is 1. The first-order valence-electron chi connectivity index (χ1n) is 6.77. The third-order valence-corrected chi connectivity index (χ3v) is 3.91. The molecule has 0 radical (unpaired) electrons. The Morgan fingerprint density at radius 3 is 2.79 bits per heavy atom. The van der Waals surface area contributed by atoms with Crippen LogP contribution >= 0.6 is 0 Å². The molecule has 0 aromatic carbocycles. The molecule has 2 fully saturated rings. The molecular weight excluding hydrogens is 248 g/mol. The molecule has 0 aromatic heterocycles. The van der Waals surface area contributed by atoms with Gasteiger partial charge in [0.25, 0.3) is 5.91 Å². The van der Waals surface area contributed by atoms with Gasteiger partial charge in [-0.3, -0.25) is 19.9 Å². The molecule has 2 amide bonds. The van der Waals surface area contributed by atoms with Crippen LogP contribution in [0.2, 0.25) is 0 Å². The standard InChI is InChI=1S/C12H22N4O3/c13-11(17)8-2-1-5-16(6-8)7-9-3-4-10(19-9)12(18)15-14/h8-10H,1-7,14H2,(H2,13,17)(H,15,18). The summed E-state index contributed by atoms with van der Waals surface area (Å²) < 4.78 is 5.66. The summed E-state index contributed by atoms with van der Waals surface area (Å²) in [5, 5.41) is 0. The molecule has 2 aliphatic rings. The van der Waals surface area contributed by atoms with Crippen molar-refractivity contribution >= 4 is 11.8 Å². The molecule has 5 N–H and O–H groups in total. The highest BCUT2D eigenvalue weighted by Crippen LogP contribution is 2.23. The van der Waals surface area contributed by atoms with Crippen molar-refractivity contribution in [3.8, 4) is 0 Å². The van der Waals surface area contributed by atoms with E-state index in [9.17, 15) is 9.59 Å². The highest BCUT2D eigenvalue weighted by atomic mass is 16.5. The van der Waals surface area contributed by atoms with Crippen molar-refractivity contribution < 1.29 is 14.3 Å². The van der Waals surface area contributed by atoms with Crippen molar-refractivity contribution in [3.63, 3.8) is 0 Å². The predicted molar refractivity (Wildman–Crippen MR) is 68.6 cm³/mol. The Bertz CT molecular complexity index is 350. The van der Waals surface area contributed by atoms with E-state index in [1.165, 1.54) is 0 Å². The summed E-state index contributed by atoms with van der Waals surface area (Å²) >= 11 is 0. The molecule has 0 spiro atoms. The Kier molecular flexibility index (Phi) is 4.73. The number of piperidine rings is 1. The summed E-state index contributed by atoms with van der Waals surface area (Å²) in [6, 6.07) is 0. The molecule has 7 heteroatoms. The minimum atomic E-state index is -0.438. The lowest BCUT2D eigenvalue weighted by atomic mass is 9.97. The second-order valence-electron chi connectivity index (χ2n) is 5.33. The Labute approximate surface area is 112 Å². The number of amides is 2. The van der Waals surface area contributed by atoms with Crippen LogP contribution in [0.15, 0.2) is 0 Å². The highest BCUT2D eigenvalue weighted by Gasteiger charge is 2.33. The van der Waals surface area contributed by atoms with Crippen molar-refractivity contribution in [1.29, 1.82) is 0 Å². The van der Waals surface area contributed by atoms with Gasteiger partial charge in [0.05, 0.1) is 12.0 Å². The normalized spacial score (nSPS) is 32.2. The summed E-state index contributed by atoms with van der Waals surface area (Å²) in [5.74, 6) is 4.54. The molecule has 7 nitrogen and oxygen atoms in total. The molecule has 0 bridgehead atoms. The zero-order valence-electron chi connectivity index (χ0n) is 11.0. The Morgan fingerprint density at radius 2 is 2.11 bits per heavy atom. The number of carbonyl (C=O) groups is 2. The van der Waals surface area contributed by atoms with Crippen LogP contribution in [0.4, 0.5) is 0 Å². The first kappa shape index (κ1) is 14.2. The molecule has 2 saturated heterocycles. The van der Waals surface area contributed by atoms with Gasteiger partial charge in [0.1, 0.15) is 6.10 Å². The topological polar surface area (TPSA) is 111 Å². The maximum atomic E-state index is 11.4. The lowest BCUT2D eigenvalue weighted by Crippen LogP contribution is -2.44. The number of rotatable bonds is 4. The third kappa shape index (κ3) is 3.65. The van der Waals surface area contributed by atoms with E-state index in [-0.39, 0.29) is 23.8 Å². The van der Waals surface area contributed by atoms with Crippen LogP contribution in [0, 0.1) is 5.92 Å². The zero-order valence-corrected chi connectivity index (χ0v) is 11.0. The molecule has 2 aliphatic heterocycles. The zero-order chi connectivity index (χ0) is 13.8. The van der Waals surface area contributed by atoms with E-state index >= 15 is 0 Å². The second-order valence-corrected chi connectivity index (χ2v) is 5.33. The maximum Gasteiger partial charge on any atom is 0.263 e. The number of hydrogen-bond acceptors (Lipinski definition) is 5. The summed E-state index contributed by atoms with van der Waals surface area (Å²) in [6.45, 7) is 2.40. The van der Waals surface area contributed by atoms with Crippen LogP contribution in [0.25, 0.3) is 0 Å². The second kappa shape index (κ2) is 6.31. The number of carbonyl (C=O) groups excluding carboxylic acids is 2. The predicted octanol–water partition coefficient (Wildman–Crippen LogP) is -1.28. The summed E-state index contributed by atoms with van der Waals surface area (Å²) in [4.78, 5) is 24.8. The van der Waals surface area contributed by atoms with Crippen LogP contribution < -0.4 is 17.0 Å². The highest BCUT2D eigenvalue weighted by molar-refractivity contribution is 5.80. The largest absolute Gasteiger partial charge is 0.369 e. The van der Waals surface area contributed by atoms with Gasteiger partial charge in [0, 0.05) is 13.1 Å². The van der Waals surface area contributed by atoms with E-state index in [4.69, 9.17) is 16.3 Å². The minimum absolute atomic E-state index is 0.0360. The van der Waals surface area contributed by atoms with Crippen LogP contribution in [-0.2, 0) is 14.3 Å². The van der Waals surface area contributed by atoms with Crippen LogP contribution in [0.5, 0.6) is 0 Å². The lowest BCUT2D eigenvalue weighted by Gasteiger charge is -2.32. The van der Waals surface area contributed by atoms with Crippen LogP contribution in [-0.4, -0.2) is 48.6 Å². The SMILES string of the molecule is NNC(=O)C1CCC(CN2CCCC(C(N)=O)C2)O1. The molecule has 0 aromatic rings. The van der Waals surface area contributed by atoms with Gasteiger partial charge in [0.15, 0.2) is 0 Å². The van der Waals surface area contributed by atoms with Crippen molar-refractivity contribution in [2.75, 3.05) is 19.6 Å². The molecule has 2 heterocycles. The first-order chi connectivity index (χ1) is 9.10. The van der Waals surface area contributed by atoms with Gasteiger partial charge in [-0.15, -0.1) is 0 Å². The van der Waals surface area contributed by atoms with E-state index in [1.807, 2.05) is 0 Å². The van der Waals surface area contributed by atoms with Crippen molar-refractivity contribution in [2.24, 2.45) is 17.5 Å². The smallest absolute Gasteiger partial charge is 0.263 e. The quantitative estimate of drug-likeness (QED) is 0.335. The van der Waals surface area contributed by atoms with E-state index in [1.54, 1.807) is 0 Å². The Morgan fingerprint density at radius 1 is 1.32 bits per heavy atom. The van der Waals surface area contributed by atoms with E-state index in [0.29, 0.717) is 13.0 Å². The fourth-order valence-electron chi connectivity index (χ4n) is 2.87. The molecular formula is C12H22N4O3. The van der Waals surface area contributed by atoms with Crippen LogP contribution in [0.1, 0.15) is 25.7 Å². The number of nitrogens with zero attached hydrogens (tertiary/aromatic N) is 1. The molecule has 0 aliphatic carbocycles. The summed E-state index contributed by atoms with van der Waals surface area (Å²) in [6.07, 6.45) is 2.99. The van der Waals surface area contributed by atoms with Gasteiger partial charge in [-0.2, -0.15) is 0 Å². The number of ether oxygens (including phenoxy) is 1. The average molecular weight is 270 g/mol. The van der Waals surface area contributed by atoms with Gasteiger partial charge in [-0.05, 0) is 32.2 Å². The van der Waals surface area contributed by atoms with E-state index in [0.717, 1.165) is 32.4 Å². The number of nitrogens with one attached hydrogen (secondary N) is 1. The van der Waals surface area contributed by atoms with Gasteiger partial charge in [0.2, 0.25) is 5.91 Å². The Hall–Kier alpha value is -1.18. The molecule has 3 atom stereocenters. The average Bonchev–Trinajstić information content (AvgIpc) is 2.86. The third-order valence-electron chi connectivity index (χ3n) is 3.91. The van der Waals surface area contributed by atoms with Crippen LogP contribution in [0.3, 0.4) is 0 Å². The summed E-state index contributed by atoms with van der Waals surface area (Å²) in [5.41, 5.74) is 7.47. The molecule has 108 valence electrons. The number of hydrogen-bond donors (Lipinski definition) is 3. The number of nitrogens with two attached hydrogens (primary N) is 2. The number of primary amides is 1. The molecule has 0 saturated carbocycles. The van der Waals surface area contributed by atoms with Crippen molar-refractivity contribution in [2.45, 2.75) is 37.9 Å². The molecule has 2 rings (SSSR count). The first-order valence-corrected chi connectivity index (χ1v) is 6.77. The fraction of sp³-hybridized carbons (Fsp3) is 0.833. The number of likely N-dealkylation sites (tertiary alicyclic amines) is 1.